The fourth-order valence-electron chi connectivity index (χ4n) is 1.88. The summed E-state index contributed by atoms with van der Waals surface area (Å²) in [4.78, 5) is 10.2. The second-order valence-electron chi connectivity index (χ2n) is 4.76. The Morgan fingerprint density at radius 1 is 1.42 bits per heavy atom. The molecule has 1 aliphatic rings. The van der Waals surface area contributed by atoms with E-state index in [4.69, 9.17) is 4.74 Å². The van der Waals surface area contributed by atoms with Crippen molar-refractivity contribution >= 4 is 15.8 Å². The van der Waals surface area contributed by atoms with Gasteiger partial charge in [0.1, 0.15) is 6.10 Å². The van der Waals surface area contributed by atoms with Crippen LogP contribution < -0.4 is 9.64 Å². The lowest BCUT2D eigenvalue weighted by molar-refractivity contribution is 0.206. The zero-order valence-electron chi connectivity index (χ0n) is 11.3. The van der Waals surface area contributed by atoms with E-state index in [0.717, 1.165) is 0 Å². The first-order valence-corrected chi connectivity index (χ1v) is 7.82. The van der Waals surface area contributed by atoms with Crippen molar-refractivity contribution in [2.24, 2.45) is 0 Å². The minimum absolute atomic E-state index is 0.165. The summed E-state index contributed by atoms with van der Waals surface area (Å²) in [6.45, 7) is 0.858. The second-order valence-corrected chi connectivity index (χ2v) is 6.74. The standard InChI is InChI=1S/C11H18N4O3S/c1-14(2)10-6-12-7-11(13-10)18-9-4-5-15(8-9)19(3,16)17/h6-7,9H,4-5,8H2,1-3H3/t9-/m0/s1. The van der Waals surface area contributed by atoms with Crippen molar-refractivity contribution < 1.29 is 13.2 Å². The molecule has 2 heterocycles. The molecule has 0 unspecified atom stereocenters. The van der Waals surface area contributed by atoms with Gasteiger partial charge in [0.25, 0.3) is 0 Å². The highest BCUT2D eigenvalue weighted by Gasteiger charge is 2.30. The molecule has 1 aromatic rings. The summed E-state index contributed by atoms with van der Waals surface area (Å²) < 4.78 is 29.9. The Kier molecular flexibility index (Phi) is 3.91. The summed E-state index contributed by atoms with van der Waals surface area (Å²) in [5.41, 5.74) is 0. The van der Waals surface area contributed by atoms with Crippen molar-refractivity contribution in [2.45, 2.75) is 12.5 Å². The van der Waals surface area contributed by atoms with Crippen LogP contribution in [0.1, 0.15) is 6.42 Å². The third-order valence-corrected chi connectivity index (χ3v) is 4.19. The van der Waals surface area contributed by atoms with Gasteiger partial charge in [0.05, 0.1) is 25.2 Å². The normalized spacial score (nSPS) is 20.5. The Morgan fingerprint density at radius 2 is 2.16 bits per heavy atom. The van der Waals surface area contributed by atoms with Crippen LogP contribution >= 0.6 is 0 Å². The highest BCUT2D eigenvalue weighted by molar-refractivity contribution is 7.88. The third-order valence-electron chi connectivity index (χ3n) is 2.92. The van der Waals surface area contributed by atoms with E-state index < -0.39 is 10.0 Å². The van der Waals surface area contributed by atoms with Crippen LogP contribution in [0.15, 0.2) is 12.4 Å². The van der Waals surface area contributed by atoms with Gasteiger partial charge < -0.3 is 9.64 Å². The molecule has 8 heteroatoms. The van der Waals surface area contributed by atoms with Gasteiger partial charge in [0.15, 0.2) is 5.82 Å². The highest BCUT2D eigenvalue weighted by atomic mass is 32.2. The first-order valence-electron chi connectivity index (χ1n) is 5.97. The predicted molar refractivity (Wildman–Crippen MR) is 71.8 cm³/mol. The zero-order chi connectivity index (χ0) is 14.0. The quantitative estimate of drug-likeness (QED) is 0.773. The highest BCUT2D eigenvalue weighted by Crippen LogP contribution is 2.19. The maximum Gasteiger partial charge on any atom is 0.234 e. The fraction of sp³-hybridized carbons (Fsp3) is 0.636. The Hall–Kier alpha value is -1.41. The van der Waals surface area contributed by atoms with E-state index in [2.05, 4.69) is 9.97 Å². The topological polar surface area (TPSA) is 75.6 Å². The number of ether oxygens (including phenoxy) is 1. The van der Waals surface area contributed by atoms with Gasteiger partial charge >= 0.3 is 0 Å². The van der Waals surface area contributed by atoms with Crippen molar-refractivity contribution in [3.05, 3.63) is 12.4 Å². The summed E-state index contributed by atoms with van der Waals surface area (Å²) in [5, 5.41) is 0. The predicted octanol–water partition coefficient (Wildman–Crippen LogP) is -0.0447. The van der Waals surface area contributed by atoms with Gasteiger partial charge in [-0.05, 0) is 6.42 Å². The van der Waals surface area contributed by atoms with Crippen molar-refractivity contribution in [1.82, 2.24) is 14.3 Å². The molecule has 1 atom stereocenters. The first kappa shape index (κ1) is 14.0. The molecule has 0 spiro atoms. The SMILES string of the molecule is CN(C)c1cncc(O[C@H]2CCN(S(C)(=O)=O)C2)n1. The van der Waals surface area contributed by atoms with Crippen molar-refractivity contribution in [3.63, 3.8) is 0 Å². The van der Waals surface area contributed by atoms with Crippen molar-refractivity contribution in [1.29, 1.82) is 0 Å². The minimum atomic E-state index is -3.14. The van der Waals surface area contributed by atoms with E-state index in [-0.39, 0.29) is 6.10 Å². The van der Waals surface area contributed by atoms with Crippen LogP contribution in [-0.2, 0) is 10.0 Å². The van der Waals surface area contributed by atoms with Crippen LogP contribution in [0.3, 0.4) is 0 Å². The second kappa shape index (κ2) is 5.30. The molecule has 1 fully saturated rings. The minimum Gasteiger partial charge on any atom is -0.472 e. The summed E-state index contributed by atoms with van der Waals surface area (Å²) in [7, 11) is 0.599. The average Bonchev–Trinajstić information content (AvgIpc) is 2.77. The molecular weight excluding hydrogens is 268 g/mol. The summed E-state index contributed by atoms with van der Waals surface area (Å²) in [6.07, 6.45) is 4.89. The van der Waals surface area contributed by atoms with Crippen LogP contribution in [0, 0.1) is 0 Å². The lowest BCUT2D eigenvalue weighted by Gasteiger charge is -2.16. The average molecular weight is 286 g/mol. The molecule has 0 radical (unpaired) electrons. The fourth-order valence-corrected chi connectivity index (χ4v) is 2.75. The molecule has 0 saturated carbocycles. The Morgan fingerprint density at radius 3 is 2.74 bits per heavy atom. The molecule has 1 aromatic heterocycles. The van der Waals surface area contributed by atoms with E-state index in [1.165, 1.54) is 16.8 Å². The number of hydrogen-bond donors (Lipinski definition) is 0. The maximum absolute atomic E-state index is 11.4. The van der Waals surface area contributed by atoms with Crippen LogP contribution in [0.2, 0.25) is 0 Å². The van der Waals surface area contributed by atoms with Crippen molar-refractivity contribution in [2.75, 3.05) is 38.3 Å². The largest absolute Gasteiger partial charge is 0.472 e. The molecule has 2 rings (SSSR count). The maximum atomic E-state index is 11.4. The lowest BCUT2D eigenvalue weighted by atomic mass is 10.3. The molecular formula is C11H18N4O3S. The molecule has 0 aliphatic carbocycles. The molecule has 106 valence electrons. The monoisotopic (exact) mass is 286 g/mol. The van der Waals surface area contributed by atoms with Gasteiger partial charge in [-0.1, -0.05) is 0 Å². The molecule has 7 nitrogen and oxygen atoms in total. The Labute approximate surface area is 113 Å². The molecule has 0 aromatic carbocycles. The van der Waals surface area contributed by atoms with Crippen LogP contribution in [0.4, 0.5) is 5.82 Å². The Bertz CT molecular complexity index is 547. The van der Waals surface area contributed by atoms with Gasteiger partial charge in [-0.2, -0.15) is 9.29 Å². The van der Waals surface area contributed by atoms with E-state index in [0.29, 0.717) is 31.2 Å². The van der Waals surface area contributed by atoms with Gasteiger partial charge in [-0.3, -0.25) is 4.98 Å². The van der Waals surface area contributed by atoms with Crippen LogP contribution in [-0.4, -0.2) is 62.2 Å². The van der Waals surface area contributed by atoms with E-state index in [1.54, 1.807) is 6.20 Å². The molecule has 1 aliphatic heterocycles. The van der Waals surface area contributed by atoms with Crippen molar-refractivity contribution in [3.8, 4) is 5.88 Å². The molecule has 0 amide bonds. The number of rotatable bonds is 4. The third kappa shape index (κ3) is 3.54. The molecule has 0 bridgehead atoms. The smallest absolute Gasteiger partial charge is 0.234 e. The lowest BCUT2D eigenvalue weighted by Crippen LogP contribution is -2.30. The Balaban J connectivity index is 2.01. The number of anilines is 1. The number of hydrogen-bond acceptors (Lipinski definition) is 6. The molecule has 19 heavy (non-hydrogen) atoms. The number of sulfonamides is 1. The summed E-state index contributed by atoms with van der Waals surface area (Å²) in [5.74, 6) is 1.13. The summed E-state index contributed by atoms with van der Waals surface area (Å²) >= 11 is 0. The first-order chi connectivity index (χ1) is 8.86. The van der Waals surface area contributed by atoms with Crippen LogP contribution in [0.25, 0.3) is 0 Å². The molecule has 1 saturated heterocycles. The van der Waals surface area contributed by atoms with E-state index >= 15 is 0 Å². The van der Waals surface area contributed by atoms with Gasteiger partial charge in [-0.15, -0.1) is 0 Å². The number of nitrogens with zero attached hydrogens (tertiary/aromatic N) is 4. The van der Waals surface area contributed by atoms with Gasteiger partial charge in [-0.25, -0.2) is 8.42 Å². The van der Waals surface area contributed by atoms with Crippen LogP contribution in [0.5, 0.6) is 5.88 Å². The molecule has 0 N–H and O–H groups in total. The van der Waals surface area contributed by atoms with Gasteiger partial charge in [0.2, 0.25) is 15.9 Å². The summed E-state index contributed by atoms with van der Waals surface area (Å²) in [6, 6.07) is 0. The zero-order valence-corrected chi connectivity index (χ0v) is 12.1. The van der Waals surface area contributed by atoms with E-state index in [1.807, 2.05) is 19.0 Å². The van der Waals surface area contributed by atoms with Gasteiger partial charge in [0, 0.05) is 20.6 Å². The number of aromatic nitrogens is 2. The van der Waals surface area contributed by atoms with E-state index in [9.17, 15) is 8.42 Å².